The molecule has 0 saturated heterocycles. The van der Waals surface area contributed by atoms with Gasteiger partial charge >= 0.3 is 0 Å². The average molecular weight is 404 g/mol. The van der Waals surface area contributed by atoms with E-state index in [1.807, 2.05) is 19.1 Å². The Labute approximate surface area is 176 Å². The molecule has 0 bridgehead atoms. The number of nitrogens with zero attached hydrogens (tertiary/aromatic N) is 5. The largest absolute Gasteiger partial charge is 0.334 e. The van der Waals surface area contributed by atoms with Crippen LogP contribution in [0.3, 0.4) is 0 Å². The van der Waals surface area contributed by atoms with Crippen molar-refractivity contribution in [1.82, 2.24) is 29.4 Å². The van der Waals surface area contributed by atoms with Crippen molar-refractivity contribution < 1.29 is 0 Å². The Bertz CT molecular complexity index is 1150. The lowest BCUT2D eigenvalue weighted by molar-refractivity contribution is 0.401. The van der Waals surface area contributed by atoms with Gasteiger partial charge in [-0.05, 0) is 44.8 Å². The average Bonchev–Trinajstić information content (AvgIpc) is 3.29. The van der Waals surface area contributed by atoms with Crippen molar-refractivity contribution >= 4 is 22.4 Å². The lowest BCUT2D eigenvalue weighted by Gasteiger charge is -2.13. The molecule has 4 aromatic rings. The fourth-order valence-corrected chi connectivity index (χ4v) is 3.80. The highest BCUT2D eigenvalue weighted by molar-refractivity contribution is 6.01. The zero-order chi connectivity index (χ0) is 21.1. The van der Waals surface area contributed by atoms with Gasteiger partial charge in [-0.3, -0.25) is 4.40 Å². The van der Waals surface area contributed by atoms with Crippen LogP contribution in [0.4, 0.5) is 0 Å². The van der Waals surface area contributed by atoms with E-state index in [1.54, 1.807) is 0 Å². The number of nitrogens with one attached hydrogen (secondary N) is 2. The molecule has 0 fully saturated rings. The normalized spacial score (nSPS) is 11.7. The number of rotatable bonds is 9. The van der Waals surface area contributed by atoms with Crippen molar-refractivity contribution in [2.75, 3.05) is 33.7 Å². The first kappa shape index (κ1) is 20.3. The first-order chi connectivity index (χ1) is 14.5. The number of aromatic nitrogens is 4. The molecule has 156 valence electrons. The van der Waals surface area contributed by atoms with Crippen molar-refractivity contribution in [2.45, 2.75) is 19.9 Å². The highest BCUT2D eigenvalue weighted by Crippen LogP contribution is 2.24. The number of fused-ring (bicyclic) bond motifs is 3. The number of hydrogen-bond donors (Lipinski definition) is 2. The van der Waals surface area contributed by atoms with Crippen molar-refractivity contribution in [3.63, 3.8) is 0 Å². The molecule has 3 heterocycles. The monoisotopic (exact) mass is 403 g/mol. The minimum absolute atomic E-state index is 0.637. The van der Waals surface area contributed by atoms with Gasteiger partial charge in [0.25, 0.3) is 0 Å². The first-order valence-corrected chi connectivity index (χ1v) is 10.4. The Balaban J connectivity index is 1.68. The summed E-state index contributed by atoms with van der Waals surface area (Å²) in [6, 6.07) is 16.6. The van der Waals surface area contributed by atoms with Gasteiger partial charge < -0.3 is 20.2 Å². The molecule has 2 N–H and O–H groups in total. The third-order valence-electron chi connectivity index (χ3n) is 5.38. The summed E-state index contributed by atoms with van der Waals surface area (Å²) in [5.74, 6) is 0.857. The summed E-state index contributed by atoms with van der Waals surface area (Å²) < 4.78 is 4.31. The highest BCUT2D eigenvalue weighted by Gasteiger charge is 2.17. The Morgan fingerprint density at radius 3 is 2.60 bits per heavy atom. The smallest absolute Gasteiger partial charge is 0.161 e. The van der Waals surface area contributed by atoms with Gasteiger partial charge in [-0.2, -0.15) is 0 Å². The molecule has 30 heavy (non-hydrogen) atoms. The zero-order valence-corrected chi connectivity index (χ0v) is 17.9. The van der Waals surface area contributed by atoms with Crippen LogP contribution in [0.2, 0.25) is 0 Å². The summed E-state index contributed by atoms with van der Waals surface area (Å²) in [7, 11) is 4.14. The molecule has 0 aliphatic rings. The van der Waals surface area contributed by atoms with E-state index < -0.39 is 0 Å². The van der Waals surface area contributed by atoms with Crippen molar-refractivity contribution in [2.24, 2.45) is 0 Å². The van der Waals surface area contributed by atoms with E-state index in [4.69, 9.17) is 5.41 Å². The molecule has 7 heteroatoms. The van der Waals surface area contributed by atoms with E-state index >= 15 is 0 Å². The molecular formula is C23H29N7. The maximum absolute atomic E-state index is 8.80. The van der Waals surface area contributed by atoms with Gasteiger partial charge in [-0.1, -0.05) is 30.3 Å². The second kappa shape index (κ2) is 8.77. The van der Waals surface area contributed by atoms with Gasteiger partial charge in [0.15, 0.2) is 5.65 Å². The second-order valence-corrected chi connectivity index (χ2v) is 7.93. The molecule has 3 aromatic heterocycles. The third kappa shape index (κ3) is 4.13. The molecule has 0 aliphatic carbocycles. The quantitative estimate of drug-likeness (QED) is 0.333. The van der Waals surface area contributed by atoms with E-state index in [1.165, 1.54) is 5.56 Å². The number of hydrogen-bond acceptors (Lipinski definition) is 5. The van der Waals surface area contributed by atoms with Gasteiger partial charge in [0.2, 0.25) is 0 Å². The lowest BCUT2D eigenvalue weighted by atomic mass is 10.2. The van der Waals surface area contributed by atoms with Crippen molar-refractivity contribution in [1.29, 1.82) is 5.41 Å². The van der Waals surface area contributed by atoms with Crippen LogP contribution in [0.5, 0.6) is 0 Å². The Hall–Kier alpha value is -3.03. The number of likely N-dealkylation sites (N-methyl/N-ethyl adjacent to an activating group) is 1. The molecule has 0 aliphatic heterocycles. The number of pyridine rings is 1. The van der Waals surface area contributed by atoms with Gasteiger partial charge in [0.05, 0.1) is 22.4 Å². The van der Waals surface area contributed by atoms with Crippen molar-refractivity contribution in [3.05, 3.63) is 65.6 Å². The van der Waals surface area contributed by atoms with E-state index in [0.29, 0.717) is 12.1 Å². The lowest BCUT2D eigenvalue weighted by Crippen LogP contribution is -2.28. The van der Waals surface area contributed by atoms with Crippen LogP contribution < -0.4 is 5.32 Å². The van der Waals surface area contributed by atoms with Gasteiger partial charge in [-0.25, -0.2) is 0 Å². The second-order valence-electron chi connectivity index (χ2n) is 7.93. The molecule has 0 spiro atoms. The van der Waals surface area contributed by atoms with Crippen LogP contribution in [0.25, 0.3) is 16.7 Å². The molecule has 0 saturated carbocycles. The fourth-order valence-electron chi connectivity index (χ4n) is 3.80. The van der Waals surface area contributed by atoms with Gasteiger partial charge in [-0.15, -0.1) is 10.2 Å². The summed E-state index contributed by atoms with van der Waals surface area (Å²) >= 11 is 0. The number of benzene rings is 1. The minimum atomic E-state index is 0.637. The summed E-state index contributed by atoms with van der Waals surface area (Å²) in [5, 5.41) is 20.7. The van der Waals surface area contributed by atoms with Crippen LogP contribution in [-0.2, 0) is 6.54 Å². The standard InChI is InChI=1S/C23H29N7/c1-17-26-27-23-10-9-20-22(30(17)23)15-21(19(24)11-12-25-13-14-28(2)3)29(20)16-18-7-5-4-6-8-18/h4-10,15,24-25H,11-14,16H2,1-3H3. The topological polar surface area (TPSA) is 74.2 Å². The third-order valence-corrected chi connectivity index (χ3v) is 5.38. The first-order valence-electron chi connectivity index (χ1n) is 10.4. The summed E-state index contributed by atoms with van der Waals surface area (Å²) in [5.41, 5.74) is 5.78. The summed E-state index contributed by atoms with van der Waals surface area (Å²) in [6.07, 6.45) is 0.683. The predicted molar refractivity (Wildman–Crippen MR) is 122 cm³/mol. The Morgan fingerprint density at radius 1 is 1.03 bits per heavy atom. The number of aryl methyl sites for hydroxylation is 1. The summed E-state index contributed by atoms with van der Waals surface area (Å²) in [6.45, 7) is 5.40. The zero-order valence-electron chi connectivity index (χ0n) is 17.9. The molecule has 0 radical (unpaired) electrons. The fraction of sp³-hybridized carbons (Fsp3) is 0.348. The maximum Gasteiger partial charge on any atom is 0.161 e. The summed E-state index contributed by atoms with van der Waals surface area (Å²) in [4.78, 5) is 2.16. The molecule has 4 rings (SSSR count). The van der Waals surface area contributed by atoms with Crippen molar-refractivity contribution in [3.8, 4) is 0 Å². The van der Waals surface area contributed by atoms with Gasteiger partial charge in [0.1, 0.15) is 5.82 Å². The van der Waals surface area contributed by atoms with Crippen LogP contribution in [0, 0.1) is 12.3 Å². The maximum atomic E-state index is 8.80. The van der Waals surface area contributed by atoms with Crippen LogP contribution >= 0.6 is 0 Å². The molecule has 1 aromatic carbocycles. The molecule has 0 amide bonds. The Kier molecular flexibility index (Phi) is 5.92. The van der Waals surface area contributed by atoms with E-state index in [9.17, 15) is 0 Å². The molecule has 7 nitrogen and oxygen atoms in total. The highest BCUT2D eigenvalue weighted by atomic mass is 15.2. The van der Waals surface area contributed by atoms with E-state index in [2.05, 4.69) is 79.9 Å². The van der Waals surface area contributed by atoms with Crippen LogP contribution in [0.1, 0.15) is 23.5 Å². The van der Waals surface area contributed by atoms with E-state index in [-0.39, 0.29) is 0 Å². The van der Waals surface area contributed by atoms with Gasteiger partial charge in [0, 0.05) is 32.6 Å². The minimum Gasteiger partial charge on any atom is -0.334 e. The predicted octanol–water partition coefficient (Wildman–Crippen LogP) is 2.95. The Morgan fingerprint density at radius 2 is 1.83 bits per heavy atom. The molecular weight excluding hydrogens is 374 g/mol. The molecule has 0 atom stereocenters. The van der Waals surface area contributed by atoms with Crippen LogP contribution in [0.15, 0.2) is 48.5 Å². The SMILES string of the molecule is Cc1nnc2ccc3c(cc(C(=N)CCNCCN(C)C)n3Cc3ccccc3)n12. The van der Waals surface area contributed by atoms with E-state index in [0.717, 1.165) is 54.4 Å². The molecule has 0 unspecified atom stereocenters. The van der Waals surface area contributed by atoms with Crippen LogP contribution in [-0.4, -0.2) is 63.5 Å².